The fourth-order valence-corrected chi connectivity index (χ4v) is 3.31. The summed E-state index contributed by atoms with van der Waals surface area (Å²) in [4.78, 5) is 0. The molecule has 0 aromatic rings. The average Bonchev–Trinajstić information content (AvgIpc) is 2.52. The van der Waals surface area contributed by atoms with Crippen LogP contribution >= 0.6 is 0 Å². The van der Waals surface area contributed by atoms with Gasteiger partial charge in [0.05, 0.1) is 26.7 Å². The number of hydrogen-bond donors (Lipinski definition) is 0. The van der Waals surface area contributed by atoms with Gasteiger partial charge in [0.15, 0.2) is 0 Å². The fraction of sp³-hybridized carbons (Fsp3) is 1.00. The molecule has 0 heterocycles. The van der Waals surface area contributed by atoms with Crippen LogP contribution in [0.25, 0.3) is 0 Å². The number of quaternary nitrogens is 1. The standard InChI is InChI=1S/C13H30N.C6H15BF3OSi/c1-5-8-11-14(4,12-9-6-2)13-10-7-3;1-12(2,3)5-4-11-6-7(8,9)10/h5-13H2,1-4H3;4-6H2,1-3H3/q+1;-1. The zero-order valence-corrected chi connectivity index (χ0v) is 19.6. The molecule has 160 valence electrons. The fourth-order valence-electron chi connectivity index (χ4n) is 2.55. The summed E-state index contributed by atoms with van der Waals surface area (Å²) >= 11 is 0. The third kappa shape index (κ3) is 22.0. The van der Waals surface area contributed by atoms with Gasteiger partial charge in [0.1, 0.15) is 0 Å². The van der Waals surface area contributed by atoms with Gasteiger partial charge >= 0.3 is 6.98 Å². The second kappa shape index (κ2) is 15.0. The summed E-state index contributed by atoms with van der Waals surface area (Å²) in [5.74, 6) is 0. The maximum atomic E-state index is 11.6. The third-order valence-electron chi connectivity index (χ3n) is 4.46. The van der Waals surface area contributed by atoms with Gasteiger partial charge in [-0.3, -0.25) is 0 Å². The van der Waals surface area contributed by atoms with Gasteiger partial charge in [0.25, 0.3) is 0 Å². The van der Waals surface area contributed by atoms with Crippen LogP contribution < -0.4 is 0 Å². The van der Waals surface area contributed by atoms with Crippen molar-refractivity contribution in [2.24, 2.45) is 0 Å². The lowest BCUT2D eigenvalue weighted by Crippen LogP contribution is -2.46. The van der Waals surface area contributed by atoms with Crippen molar-refractivity contribution in [3.63, 3.8) is 0 Å². The van der Waals surface area contributed by atoms with Crippen LogP contribution in [0.1, 0.15) is 59.3 Å². The molecule has 0 aliphatic rings. The molecule has 0 amide bonds. The first-order valence-corrected chi connectivity index (χ1v) is 14.2. The average molecular weight is 399 g/mol. The minimum atomic E-state index is -4.76. The van der Waals surface area contributed by atoms with E-state index in [1.165, 1.54) is 62.6 Å². The first-order valence-electron chi connectivity index (χ1n) is 10.5. The van der Waals surface area contributed by atoms with Gasteiger partial charge in [0.2, 0.25) is 0 Å². The van der Waals surface area contributed by atoms with Crippen molar-refractivity contribution in [1.82, 2.24) is 0 Å². The first kappa shape index (κ1) is 28.2. The third-order valence-corrected chi connectivity index (χ3v) is 6.16. The van der Waals surface area contributed by atoms with Crippen LogP contribution in [-0.4, -0.2) is 59.3 Å². The Kier molecular flexibility index (Phi) is 16.2. The molecule has 0 atom stereocenters. The summed E-state index contributed by atoms with van der Waals surface area (Å²) in [5.41, 5.74) is 0. The van der Waals surface area contributed by atoms with Crippen molar-refractivity contribution in [2.45, 2.75) is 85.0 Å². The number of halogens is 3. The summed E-state index contributed by atoms with van der Waals surface area (Å²) in [6, 6.07) is 0.791. The Morgan fingerprint density at radius 2 is 1.19 bits per heavy atom. The normalized spacial score (nSPS) is 12.7. The van der Waals surface area contributed by atoms with Gasteiger partial charge < -0.3 is 22.2 Å². The van der Waals surface area contributed by atoms with Crippen molar-refractivity contribution in [1.29, 1.82) is 0 Å². The van der Waals surface area contributed by atoms with Gasteiger partial charge in [0, 0.05) is 21.2 Å². The highest BCUT2D eigenvalue weighted by Crippen LogP contribution is 2.12. The Bertz CT molecular complexity index is 285. The summed E-state index contributed by atoms with van der Waals surface area (Å²) in [7, 11) is 1.21. The van der Waals surface area contributed by atoms with Gasteiger partial charge in [-0.15, -0.1) is 0 Å². The van der Waals surface area contributed by atoms with Crippen LogP contribution in [0.5, 0.6) is 0 Å². The van der Waals surface area contributed by atoms with Crippen LogP contribution in [-0.2, 0) is 4.74 Å². The van der Waals surface area contributed by atoms with Crippen LogP contribution in [0, 0.1) is 0 Å². The number of nitrogens with zero attached hydrogens (tertiary/aromatic N) is 1. The van der Waals surface area contributed by atoms with Crippen LogP contribution in [0.2, 0.25) is 25.7 Å². The zero-order chi connectivity index (χ0) is 20.7. The molecule has 0 unspecified atom stereocenters. The highest BCUT2D eigenvalue weighted by atomic mass is 28.3. The SMILES string of the molecule is CCCC[N+](C)(CCCC)CCCC.C[Si](C)(C)CCOC[B-](F)(F)F. The summed E-state index contributed by atoms with van der Waals surface area (Å²) in [6.07, 6.45) is 8.20. The molecular formula is C19H45BF3NOSi. The van der Waals surface area contributed by atoms with Crippen LogP contribution in [0.4, 0.5) is 12.9 Å². The molecule has 0 rings (SSSR count). The van der Waals surface area contributed by atoms with Gasteiger partial charge in [-0.25, -0.2) is 0 Å². The smallest absolute Gasteiger partial charge is 0.447 e. The van der Waals surface area contributed by atoms with Crippen molar-refractivity contribution in [3.8, 4) is 0 Å². The second-order valence-electron chi connectivity index (χ2n) is 8.95. The van der Waals surface area contributed by atoms with E-state index in [0.717, 1.165) is 6.04 Å². The van der Waals surface area contributed by atoms with E-state index < -0.39 is 21.6 Å². The Hall–Kier alpha value is -0.00818. The van der Waals surface area contributed by atoms with Crippen LogP contribution in [0.3, 0.4) is 0 Å². The molecule has 0 bridgehead atoms. The molecule has 0 aliphatic heterocycles. The highest BCUT2D eigenvalue weighted by molar-refractivity contribution is 6.76. The Balaban J connectivity index is 0. The topological polar surface area (TPSA) is 9.23 Å². The van der Waals surface area contributed by atoms with Crippen LogP contribution in [0.15, 0.2) is 0 Å². The Morgan fingerprint density at radius 1 is 0.808 bits per heavy atom. The molecule has 0 aromatic heterocycles. The number of hydrogen-bond acceptors (Lipinski definition) is 1. The number of ether oxygens (including phenoxy) is 1. The van der Waals surface area contributed by atoms with E-state index in [1.54, 1.807) is 0 Å². The molecule has 0 saturated heterocycles. The molecule has 26 heavy (non-hydrogen) atoms. The molecule has 0 N–H and O–H groups in total. The molecule has 0 radical (unpaired) electrons. The van der Waals surface area contributed by atoms with Crippen molar-refractivity contribution in [2.75, 3.05) is 39.8 Å². The molecule has 0 aliphatic carbocycles. The summed E-state index contributed by atoms with van der Waals surface area (Å²) in [5, 5.41) is 0. The molecule has 0 aromatic carbocycles. The lowest BCUT2D eigenvalue weighted by atomic mass is 9.95. The predicted molar refractivity (Wildman–Crippen MR) is 114 cm³/mol. The van der Waals surface area contributed by atoms with E-state index in [-0.39, 0.29) is 6.61 Å². The lowest BCUT2D eigenvalue weighted by molar-refractivity contribution is -0.910. The van der Waals surface area contributed by atoms with E-state index in [9.17, 15) is 12.9 Å². The predicted octanol–water partition coefficient (Wildman–Crippen LogP) is 6.56. The maximum absolute atomic E-state index is 11.6. The highest BCUT2D eigenvalue weighted by Gasteiger charge is 2.23. The van der Waals surface area contributed by atoms with E-state index >= 15 is 0 Å². The Labute approximate surface area is 162 Å². The second-order valence-corrected chi connectivity index (χ2v) is 14.6. The number of rotatable bonds is 14. The van der Waals surface area contributed by atoms with Gasteiger partial charge in [-0.05, 0) is 25.3 Å². The molecule has 0 saturated carbocycles. The molecular weight excluding hydrogens is 354 g/mol. The van der Waals surface area contributed by atoms with Crippen molar-refractivity contribution >= 4 is 15.1 Å². The van der Waals surface area contributed by atoms with Gasteiger partial charge in [-0.1, -0.05) is 59.7 Å². The zero-order valence-electron chi connectivity index (χ0n) is 18.6. The van der Waals surface area contributed by atoms with Gasteiger partial charge in [-0.2, -0.15) is 0 Å². The summed E-state index contributed by atoms with van der Waals surface area (Å²) < 4.78 is 40.7. The summed E-state index contributed by atoms with van der Waals surface area (Å²) in [6.45, 7) is 11.8. The van der Waals surface area contributed by atoms with E-state index in [1.807, 2.05) is 0 Å². The van der Waals surface area contributed by atoms with Crippen molar-refractivity contribution < 1.29 is 22.2 Å². The molecule has 2 nitrogen and oxygen atoms in total. The quantitative estimate of drug-likeness (QED) is 0.183. The minimum Gasteiger partial charge on any atom is -0.447 e. The monoisotopic (exact) mass is 399 g/mol. The van der Waals surface area contributed by atoms with E-state index in [4.69, 9.17) is 0 Å². The lowest BCUT2D eigenvalue weighted by Gasteiger charge is -2.34. The van der Waals surface area contributed by atoms with Crippen molar-refractivity contribution in [3.05, 3.63) is 0 Å². The maximum Gasteiger partial charge on any atom is 0.503 e. The van der Waals surface area contributed by atoms with E-state index in [0.29, 0.717) is 0 Å². The van der Waals surface area contributed by atoms with E-state index in [2.05, 4.69) is 52.2 Å². The minimum absolute atomic E-state index is 0.247. The molecule has 7 heteroatoms. The Morgan fingerprint density at radius 3 is 1.46 bits per heavy atom. The number of unbranched alkanes of at least 4 members (excludes halogenated alkanes) is 3. The largest absolute Gasteiger partial charge is 0.503 e. The first-order chi connectivity index (χ1) is 11.9. The molecule has 0 fully saturated rings. The molecule has 0 spiro atoms.